The molecule has 78 valence electrons. The van der Waals surface area contributed by atoms with Gasteiger partial charge in [-0.15, -0.1) is 0 Å². The van der Waals surface area contributed by atoms with Crippen LogP contribution in [-0.2, 0) is 19.3 Å². The lowest BCUT2D eigenvalue weighted by atomic mass is 10.2. The zero-order chi connectivity index (χ0) is 10.3. The van der Waals surface area contributed by atoms with E-state index in [0.717, 1.165) is 5.57 Å². The third-order valence-corrected chi connectivity index (χ3v) is 3.23. The Labute approximate surface area is 80.8 Å². The van der Waals surface area contributed by atoms with Gasteiger partial charge in [0.2, 0.25) is 0 Å². The molecular weight excluding hydrogens is 210 g/mol. The fraction of sp³-hybridized carbons (Fsp3) is 0.571. The Hall–Kier alpha value is -0.920. The Kier molecular flexibility index (Phi) is 2.09. The molecule has 0 amide bonds. The summed E-state index contributed by atoms with van der Waals surface area (Å²) in [5, 5.41) is 8.77. The van der Waals surface area contributed by atoms with E-state index in [1.807, 2.05) is 4.72 Å². The van der Waals surface area contributed by atoms with Crippen LogP contribution in [0.15, 0.2) is 11.1 Å². The maximum absolute atomic E-state index is 11.1. The molecule has 14 heavy (non-hydrogen) atoms. The van der Waals surface area contributed by atoms with Crippen molar-refractivity contribution in [2.24, 2.45) is 0 Å². The minimum Gasteiger partial charge on any atom is -0.480 e. The van der Waals surface area contributed by atoms with E-state index in [-0.39, 0.29) is 6.61 Å². The van der Waals surface area contributed by atoms with Gasteiger partial charge in [0.15, 0.2) is 0 Å². The van der Waals surface area contributed by atoms with Gasteiger partial charge >= 0.3 is 16.3 Å². The van der Waals surface area contributed by atoms with Crippen LogP contribution in [0.25, 0.3) is 0 Å². The summed E-state index contributed by atoms with van der Waals surface area (Å²) in [4.78, 5) is 10.7. The fourth-order valence-electron chi connectivity index (χ4n) is 1.46. The third kappa shape index (κ3) is 1.79. The van der Waals surface area contributed by atoms with Crippen LogP contribution in [0.3, 0.4) is 0 Å². The molecule has 2 N–H and O–H groups in total. The highest BCUT2D eigenvalue weighted by atomic mass is 32.2. The Bertz CT molecular complexity index is 410. The molecule has 1 aliphatic carbocycles. The fourth-order valence-corrected chi connectivity index (χ4v) is 2.37. The maximum Gasteiger partial charge on any atom is 0.336 e. The summed E-state index contributed by atoms with van der Waals surface area (Å²) in [5.41, 5.74) is 1.66. The van der Waals surface area contributed by atoms with Crippen molar-refractivity contribution in [1.29, 1.82) is 0 Å². The number of carboxylic acids is 1. The van der Waals surface area contributed by atoms with Gasteiger partial charge in [-0.2, -0.15) is 13.1 Å². The van der Waals surface area contributed by atoms with Crippen molar-refractivity contribution in [3.05, 3.63) is 11.1 Å². The van der Waals surface area contributed by atoms with Gasteiger partial charge in [0.05, 0.1) is 6.61 Å². The van der Waals surface area contributed by atoms with Crippen molar-refractivity contribution in [2.75, 3.05) is 6.61 Å². The summed E-state index contributed by atoms with van der Waals surface area (Å²) in [6.07, 6.45) is 1.10. The van der Waals surface area contributed by atoms with Crippen LogP contribution in [0.2, 0.25) is 0 Å². The van der Waals surface area contributed by atoms with Gasteiger partial charge < -0.3 is 5.11 Å². The average molecular weight is 219 g/mol. The Morgan fingerprint density at radius 1 is 1.57 bits per heavy atom. The van der Waals surface area contributed by atoms with Gasteiger partial charge in [0, 0.05) is 0 Å². The standard InChI is InChI=1S/C7H9NO5S/c9-7(10)6-5-3-4(5)1-2-13-14(11,12)8-6/h6,8H,1-3H2,(H,9,10)/t6-/m1/s1. The topological polar surface area (TPSA) is 92.7 Å². The molecule has 6 nitrogen and oxygen atoms in total. The highest BCUT2D eigenvalue weighted by Crippen LogP contribution is 2.37. The van der Waals surface area contributed by atoms with Crippen LogP contribution in [0.1, 0.15) is 12.8 Å². The van der Waals surface area contributed by atoms with Gasteiger partial charge in [-0.25, -0.2) is 0 Å². The van der Waals surface area contributed by atoms with Crippen molar-refractivity contribution >= 4 is 16.3 Å². The molecule has 0 aromatic carbocycles. The first kappa shape index (κ1) is 9.63. The van der Waals surface area contributed by atoms with Crippen molar-refractivity contribution in [1.82, 2.24) is 4.72 Å². The molecule has 0 fully saturated rings. The van der Waals surface area contributed by atoms with Crippen LogP contribution >= 0.6 is 0 Å². The monoisotopic (exact) mass is 219 g/mol. The molecule has 2 rings (SSSR count). The number of aliphatic carboxylic acids is 1. The molecule has 0 spiro atoms. The summed E-state index contributed by atoms with van der Waals surface area (Å²) in [6.45, 7) is 0.0838. The van der Waals surface area contributed by atoms with Crippen molar-refractivity contribution in [3.8, 4) is 0 Å². The second kappa shape index (κ2) is 3.04. The molecule has 0 bridgehead atoms. The van der Waals surface area contributed by atoms with Gasteiger partial charge in [0.1, 0.15) is 6.04 Å². The van der Waals surface area contributed by atoms with Gasteiger partial charge in [-0.1, -0.05) is 5.57 Å². The lowest BCUT2D eigenvalue weighted by Gasteiger charge is -2.13. The summed E-state index contributed by atoms with van der Waals surface area (Å²) in [6, 6.07) is -1.14. The Morgan fingerprint density at radius 3 is 2.93 bits per heavy atom. The van der Waals surface area contributed by atoms with Crippen molar-refractivity contribution < 1.29 is 22.5 Å². The van der Waals surface area contributed by atoms with E-state index in [0.29, 0.717) is 18.4 Å². The van der Waals surface area contributed by atoms with E-state index < -0.39 is 22.3 Å². The third-order valence-electron chi connectivity index (χ3n) is 2.23. The van der Waals surface area contributed by atoms with Gasteiger partial charge in [0.25, 0.3) is 0 Å². The number of hydrogen-bond donors (Lipinski definition) is 2. The minimum atomic E-state index is -3.91. The van der Waals surface area contributed by atoms with E-state index in [1.54, 1.807) is 0 Å². The van der Waals surface area contributed by atoms with E-state index >= 15 is 0 Å². The zero-order valence-corrected chi connectivity index (χ0v) is 8.00. The van der Waals surface area contributed by atoms with Crippen LogP contribution in [0.5, 0.6) is 0 Å². The van der Waals surface area contributed by atoms with E-state index in [2.05, 4.69) is 4.18 Å². The quantitative estimate of drug-likeness (QED) is 0.574. The predicted molar refractivity (Wildman–Crippen MR) is 45.7 cm³/mol. The Balaban J connectivity index is 2.28. The molecule has 0 saturated heterocycles. The van der Waals surface area contributed by atoms with Gasteiger partial charge in [-0.05, 0) is 18.4 Å². The summed E-state index contributed by atoms with van der Waals surface area (Å²) >= 11 is 0. The number of nitrogens with one attached hydrogen (secondary N) is 1. The molecule has 0 unspecified atom stereocenters. The minimum absolute atomic E-state index is 0.0838. The summed E-state index contributed by atoms with van der Waals surface area (Å²) in [7, 11) is -3.91. The van der Waals surface area contributed by atoms with Crippen molar-refractivity contribution in [2.45, 2.75) is 18.9 Å². The second-order valence-corrected chi connectivity index (χ2v) is 4.60. The molecule has 1 atom stereocenters. The highest BCUT2D eigenvalue weighted by molar-refractivity contribution is 7.84. The zero-order valence-electron chi connectivity index (χ0n) is 7.19. The molecule has 2 aliphatic rings. The first-order chi connectivity index (χ1) is 6.49. The van der Waals surface area contributed by atoms with Gasteiger partial charge in [-0.3, -0.25) is 8.98 Å². The normalized spacial score (nSPS) is 30.1. The Morgan fingerprint density at radius 2 is 2.29 bits per heavy atom. The highest BCUT2D eigenvalue weighted by Gasteiger charge is 2.38. The smallest absolute Gasteiger partial charge is 0.336 e. The number of carboxylic acid groups (broad SMARTS) is 1. The summed E-state index contributed by atoms with van der Waals surface area (Å²) in [5.74, 6) is -1.19. The largest absolute Gasteiger partial charge is 0.480 e. The summed E-state index contributed by atoms with van der Waals surface area (Å²) < 4.78 is 28.7. The SMILES string of the molecule is O=C(O)[C@@H]1NS(=O)(=O)OCCC2=C1C2. The van der Waals surface area contributed by atoms with Crippen LogP contribution in [0, 0.1) is 0 Å². The number of rotatable bonds is 1. The maximum atomic E-state index is 11.1. The number of carbonyl (C=O) groups is 1. The average Bonchev–Trinajstić information content (AvgIpc) is 2.76. The lowest BCUT2D eigenvalue weighted by Crippen LogP contribution is -2.41. The van der Waals surface area contributed by atoms with Crippen LogP contribution in [-0.4, -0.2) is 32.1 Å². The molecule has 0 aromatic rings. The molecule has 1 heterocycles. The molecule has 0 saturated carbocycles. The molecular formula is C7H9NO5S. The van der Waals surface area contributed by atoms with E-state index in [1.165, 1.54) is 0 Å². The molecule has 1 aliphatic heterocycles. The first-order valence-electron chi connectivity index (χ1n) is 4.10. The van der Waals surface area contributed by atoms with Crippen molar-refractivity contribution in [3.63, 3.8) is 0 Å². The first-order valence-corrected chi connectivity index (χ1v) is 5.51. The predicted octanol–water partition coefficient (Wildman–Crippen LogP) is -0.605. The van der Waals surface area contributed by atoms with E-state index in [4.69, 9.17) is 5.11 Å². The molecule has 0 aromatic heterocycles. The molecule has 7 heteroatoms. The number of hydrogen-bond acceptors (Lipinski definition) is 4. The molecule has 0 radical (unpaired) electrons. The lowest BCUT2D eigenvalue weighted by molar-refractivity contribution is -0.137. The second-order valence-electron chi connectivity index (χ2n) is 3.22. The van der Waals surface area contributed by atoms with Crippen LogP contribution < -0.4 is 4.72 Å². The van der Waals surface area contributed by atoms with Crippen LogP contribution in [0.4, 0.5) is 0 Å². The van der Waals surface area contributed by atoms with E-state index in [9.17, 15) is 13.2 Å².